The Labute approximate surface area is 310 Å². The lowest BCUT2D eigenvalue weighted by atomic mass is 9.82. The van der Waals surface area contributed by atoms with E-state index in [0.29, 0.717) is 6.29 Å². The third-order valence-electron chi connectivity index (χ3n) is 9.20. The maximum Gasteiger partial charge on any atom is 0.337 e. The third-order valence-corrected chi connectivity index (χ3v) is 14.2. The van der Waals surface area contributed by atoms with Crippen molar-refractivity contribution in [2.45, 2.75) is 90.0 Å². The summed E-state index contributed by atoms with van der Waals surface area (Å²) < 4.78 is 48.0. The van der Waals surface area contributed by atoms with Crippen LogP contribution in [0.2, 0.25) is 5.04 Å². The van der Waals surface area contributed by atoms with Gasteiger partial charge in [-0.2, -0.15) is 0 Å². The summed E-state index contributed by atoms with van der Waals surface area (Å²) >= 11 is 0. The molecule has 0 N–H and O–H groups in total. The minimum Gasteiger partial charge on any atom is -0.471 e. The highest BCUT2D eigenvalue weighted by Crippen LogP contribution is 2.40. The molecule has 0 amide bonds. The van der Waals surface area contributed by atoms with E-state index in [2.05, 4.69) is 27.4 Å². The predicted molar refractivity (Wildman–Crippen MR) is 193 cm³/mol. The number of esters is 4. The van der Waals surface area contributed by atoms with Gasteiger partial charge in [-0.1, -0.05) is 87.5 Å². The van der Waals surface area contributed by atoms with Crippen LogP contribution in [-0.4, -0.2) is 89.2 Å². The molecule has 53 heavy (non-hydrogen) atoms. The SMILES string of the molecule is C=C[C@H]1[C@H](O[C@@H]2O[C@H](CO[Si](c3ccccc3)(c3ccccc3)C(C)(C)C)[C@@H](OC(C)=O)[C@H](OC(C)=O)[C@H]2OC(C)=O)OC=C(C(=O)OC)[C@H]1CC=O. The van der Waals surface area contributed by atoms with E-state index < -0.39 is 86.1 Å². The van der Waals surface area contributed by atoms with E-state index in [1.807, 2.05) is 60.7 Å². The second kappa shape index (κ2) is 17.9. The van der Waals surface area contributed by atoms with Crippen LogP contribution < -0.4 is 10.4 Å². The maximum atomic E-state index is 12.6. The van der Waals surface area contributed by atoms with Crippen molar-refractivity contribution in [3.8, 4) is 0 Å². The van der Waals surface area contributed by atoms with Gasteiger partial charge in [-0.05, 0) is 15.4 Å². The number of benzene rings is 2. The van der Waals surface area contributed by atoms with Gasteiger partial charge >= 0.3 is 23.9 Å². The molecule has 0 radical (unpaired) electrons. The van der Waals surface area contributed by atoms with Crippen molar-refractivity contribution in [2.24, 2.45) is 11.8 Å². The largest absolute Gasteiger partial charge is 0.471 e. The minimum absolute atomic E-state index is 0.0924. The van der Waals surface area contributed by atoms with E-state index in [4.69, 9.17) is 37.6 Å². The molecule has 0 aliphatic carbocycles. The van der Waals surface area contributed by atoms with E-state index in [9.17, 15) is 24.0 Å². The van der Waals surface area contributed by atoms with Crippen LogP contribution in [0.25, 0.3) is 0 Å². The van der Waals surface area contributed by atoms with Crippen molar-refractivity contribution in [3.63, 3.8) is 0 Å². The second-order valence-corrected chi connectivity index (χ2v) is 18.1. The molecule has 2 aliphatic heterocycles. The van der Waals surface area contributed by atoms with Gasteiger partial charge in [-0.15, -0.1) is 6.58 Å². The molecular formula is C39H48O13Si. The number of carbonyl (C=O) groups is 5. The number of hydrogen-bond acceptors (Lipinski definition) is 13. The quantitative estimate of drug-likeness (QED) is 0.0908. The summed E-state index contributed by atoms with van der Waals surface area (Å²) in [6, 6.07) is 19.7. The molecule has 8 atom stereocenters. The Hall–Kier alpha value is -4.63. The van der Waals surface area contributed by atoms with Crippen LogP contribution in [-0.2, 0) is 61.6 Å². The van der Waals surface area contributed by atoms with E-state index >= 15 is 0 Å². The lowest BCUT2D eigenvalue weighted by Gasteiger charge is -2.48. The van der Waals surface area contributed by atoms with Crippen LogP contribution in [0.4, 0.5) is 0 Å². The van der Waals surface area contributed by atoms with Crippen LogP contribution in [0.3, 0.4) is 0 Å². The highest BCUT2D eigenvalue weighted by atomic mass is 28.4. The topological polar surface area (TPSA) is 159 Å². The number of hydrogen-bond donors (Lipinski definition) is 0. The first-order valence-electron chi connectivity index (χ1n) is 17.3. The molecule has 4 rings (SSSR count). The van der Waals surface area contributed by atoms with E-state index in [0.717, 1.165) is 30.5 Å². The second-order valence-electron chi connectivity index (χ2n) is 13.8. The molecule has 0 unspecified atom stereocenters. The lowest BCUT2D eigenvalue weighted by molar-refractivity contribution is -0.341. The molecule has 0 saturated carbocycles. The van der Waals surface area contributed by atoms with E-state index in [1.165, 1.54) is 20.1 Å². The molecule has 2 aliphatic rings. The Morgan fingerprint density at radius 2 is 1.34 bits per heavy atom. The zero-order valence-corrected chi connectivity index (χ0v) is 32.1. The summed E-state index contributed by atoms with van der Waals surface area (Å²) in [6.45, 7) is 13.5. The smallest absolute Gasteiger partial charge is 0.337 e. The van der Waals surface area contributed by atoms with E-state index in [1.54, 1.807) is 0 Å². The summed E-state index contributed by atoms with van der Waals surface area (Å²) in [5.41, 5.74) is 0.0924. The standard InChI is InChI=1S/C39H48O13Si/c1-9-29-30(20-21-40)31(36(44)45-8)22-46-37(29)52-38-35(50-26(4)43)34(49-25(3)42)33(48-24(2)41)32(51-38)23-47-53(39(5,6)7,27-16-12-10-13-17-27)28-18-14-11-15-19-28/h9-19,21-22,29-30,32-35,37-38H,1,20,23H2,2-8H3/t29-,30+,32-,33-,34+,35-,37+,38+/m1/s1. The molecule has 13 nitrogen and oxygen atoms in total. The van der Waals surface area contributed by atoms with Gasteiger partial charge in [0.2, 0.25) is 12.6 Å². The lowest BCUT2D eigenvalue weighted by Crippen LogP contribution is -2.69. The third kappa shape index (κ3) is 9.30. The molecule has 1 saturated heterocycles. The molecule has 2 heterocycles. The molecule has 2 aromatic rings. The van der Waals surface area contributed by atoms with Crippen LogP contribution >= 0.6 is 0 Å². The Bertz CT molecular complexity index is 1600. The molecule has 1 fully saturated rings. The van der Waals surface area contributed by atoms with Gasteiger partial charge in [0.15, 0.2) is 18.3 Å². The van der Waals surface area contributed by atoms with Gasteiger partial charge in [0.05, 0.1) is 25.6 Å². The average molecular weight is 753 g/mol. The molecular weight excluding hydrogens is 705 g/mol. The Kier molecular flexibility index (Phi) is 13.9. The molecule has 0 spiro atoms. The number of rotatable bonds is 14. The van der Waals surface area contributed by atoms with Crippen LogP contribution in [0.5, 0.6) is 0 Å². The van der Waals surface area contributed by atoms with Gasteiger partial charge in [-0.3, -0.25) is 14.4 Å². The average Bonchev–Trinajstić information content (AvgIpc) is 3.11. The van der Waals surface area contributed by atoms with Crippen molar-refractivity contribution in [3.05, 3.63) is 85.2 Å². The minimum atomic E-state index is -3.20. The van der Waals surface area contributed by atoms with Gasteiger partial charge in [-0.25, -0.2) is 4.79 Å². The molecule has 0 aromatic heterocycles. The first kappa shape index (κ1) is 41.1. The predicted octanol–water partition coefficient (Wildman–Crippen LogP) is 3.52. The zero-order chi connectivity index (χ0) is 38.9. The monoisotopic (exact) mass is 752 g/mol. The highest BCUT2D eigenvalue weighted by molar-refractivity contribution is 6.99. The van der Waals surface area contributed by atoms with E-state index in [-0.39, 0.29) is 18.6 Å². The first-order valence-corrected chi connectivity index (χ1v) is 19.2. The fraction of sp³-hybridized carbons (Fsp3) is 0.462. The molecule has 0 bridgehead atoms. The van der Waals surface area contributed by atoms with Gasteiger partial charge < -0.3 is 42.4 Å². The number of ether oxygens (including phenoxy) is 7. The molecule has 2 aromatic carbocycles. The summed E-state index contributed by atoms with van der Waals surface area (Å²) in [5, 5.41) is 1.50. The highest BCUT2D eigenvalue weighted by Gasteiger charge is 2.56. The van der Waals surface area contributed by atoms with Gasteiger partial charge in [0.25, 0.3) is 8.32 Å². The van der Waals surface area contributed by atoms with Crippen LogP contribution in [0, 0.1) is 11.8 Å². The first-order chi connectivity index (χ1) is 25.2. The normalized spacial score (nSPS) is 25.8. The Morgan fingerprint density at radius 3 is 1.81 bits per heavy atom. The van der Waals surface area contributed by atoms with Gasteiger partial charge in [0, 0.05) is 39.0 Å². The number of aldehydes is 1. The van der Waals surface area contributed by atoms with Crippen LogP contribution in [0.15, 0.2) is 85.2 Å². The van der Waals surface area contributed by atoms with Crippen LogP contribution in [0.1, 0.15) is 48.0 Å². The fourth-order valence-corrected chi connectivity index (χ4v) is 11.6. The zero-order valence-electron chi connectivity index (χ0n) is 31.1. The summed E-state index contributed by atoms with van der Waals surface area (Å²) in [5.74, 6) is -4.50. The summed E-state index contributed by atoms with van der Waals surface area (Å²) in [6.07, 6.45) is -4.98. The number of carbonyl (C=O) groups excluding carboxylic acids is 5. The van der Waals surface area contributed by atoms with Crippen molar-refractivity contribution in [2.75, 3.05) is 13.7 Å². The van der Waals surface area contributed by atoms with Crippen molar-refractivity contribution < 1.29 is 61.6 Å². The number of methoxy groups -OCH3 is 1. The Balaban J connectivity index is 1.83. The maximum absolute atomic E-state index is 12.6. The van der Waals surface area contributed by atoms with Crippen molar-refractivity contribution in [1.29, 1.82) is 0 Å². The fourth-order valence-electron chi connectivity index (χ4n) is 7.02. The van der Waals surface area contributed by atoms with Gasteiger partial charge in [0.1, 0.15) is 12.4 Å². The van der Waals surface area contributed by atoms with Crippen molar-refractivity contribution in [1.82, 2.24) is 0 Å². The summed E-state index contributed by atoms with van der Waals surface area (Å²) in [4.78, 5) is 62.1. The van der Waals surface area contributed by atoms with Crippen molar-refractivity contribution >= 4 is 48.9 Å². The molecule has 14 heteroatoms. The Morgan fingerprint density at radius 1 is 0.811 bits per heavy atom. The molecule has 286 valence electrons. The summed E-state index contributed by atoms with van der Waals surface area (Å²) in [7, 11) is -1.99.